The SMILES string of the molecule is O=C(Nc1ccc(-c2ccc(C(=O)[C@@H]3C[C@H]3C(O)O)cc2)cc1)Nc1cccc(C2CC2)c1Cl. The Labute approximate surface area is 202 Å². The van der Waals surface area contributed by atoms with Gasteiger partial charge in [-0.3, -0.25) is 4.79 Å². The van der Waals surface area contributed by atoms with E-state index in [0.717, 1.165) is 29.5 Å². The molecule has 174 valence electrons. The van der Waals surface area contributed by atoms with Crippen LogP contribution in [0.2, 0.25) is 5.02 Å². The summed E-state index contributed by atoms with van der Waals surface area (Å²) in [5.74, 6) is -0.231. The maximum atomic E-state index is 12.5. The molecular formula is C27H25ClN2O4. The van der Waals surface area contributed by atoms with Crippen molar-refractivity contribution in [2.75, 3.05) is 10.6 Å². The molecule has 7 heteroatoms. The van der Waals surface area contributed by atoms with Crippen molar-refractivity contribution in [1.29, 1.82) is 0 Å². The monoisotopic (exact) mass is 476 g/mol. The van der Waals surface area contributed by atoms with E-state index in [-0.39, 0.29) is 23.7 Å². The highest BCUT2D eigenvalue weighted by atomic mass is 35.5. The highest BCUT2D eigenvalue weighted by Gasteiger charge is 2.47. The topological polar surface area (TPSA) is 98.7 Å². The van der Waals surface area contributed by atoms with E-state index in [2.05, 4.69) is 10.6 Å². The van der Waals surface area contributed by atoms with E-state index in [4.69, 9.17) is 11.6 Å². The van der Waals surface area contributed by atoms with E-state index < -0.39 is 6.29 Å². The molecular weight excluding hydrogens is 452 g/mol. The second kappa shape index (κ2) is 9.22. The molecule has 0 spiro atoms. The van der Waals surface area contributed by atoms with Crippen LogP contribution in [0.15, 0.2) is 66.7 Å². The molecule has 0 unspecified atom stereocenters. The van der Waals surface area contributed by atoms with Gasteiger partial charge in [-0.05, 0) is 60.1 Å². The van der Waals surface area contributed by atoms with E-state index in [9.17, 15) is 19.8 Å². The number of benzene rings is 3. The molecule has 2 aliphatic carbocycles. The third-order valence-electron chi connectivity index (χ3n) is 6.50. The van der Waals surface area contributed by atoms with Crippen LogP contribution in [0, 0.1) is 11.8 Å². The van der Waals surface area contributed by atoms with Gasteiger partial charge in [-0.15, -0.1) is 0 Å². The van der Waals surface area contributed by atoms with Gasteiger partial charge in [-0.2, -0.15) is 0 Å². The molecule has 0 aromatic heterocycles. The van der Waals surface area contributed by atoms with E-state index in [1.807, 2.05) is 48.5 Å². The quantitative estimate of drug-likeness (QED) is 0.261. The third kappa shape index (κ3) is 4.85. The number of amides is 2. The molecule has 6 nitrogen and oxygen atoms in total. The Morgan fingerprint density at radius 1 is 0.882 bits per heavy atom. The summed E-state index contributed by atoms with van der Waals surface area (Å²) in [6.07, 6.45) is 1.34. The number of carbonyl (C=O) groups is 2. The lowest BCUT2D eigenvalue weighted by Crippen LogP contribution is -2.19. The minimum Gasteiger partial charge on any atom is -0.368 e. The molecule has 0 heterocycles. The molecule has 34 heavy (non-hydrogen) atoms. The summed E-state index contributed by atoms with van der Waals surface area (Å²) in [5, 5.41) is 24.7. The van der Waals surface area contributed by atoms with Crippen molar-refractivity contribution in [2.45, 2.75) is 31.5 Å². The van der Waals surface area contributed by atoms with Crippen LogP contribution in [-0.2, 0) is 0 Å². The minimum atomic E-state index is -1.44. The van der Waals surface area contributed by atoms with Crippen LogP contribution in [-0.4, -0.2) is 28.3 Å². The maximum Gasteiger partial charge on any atom is 0.323 e. The van der Waals surface area contributed by atoms with Crippen molar-refractivity contribution in [1.82, 2.24) is 0 Å². The van der Waals surface area contributed by atoms with Gasteiger partial charge in [0.15, 0.2) is 12.1 Å². The average molecular weight is 477 g/mol. The highest BCUT2D eigenvalue weighted by molar-refractivity contribution is 6.34. The molecule has 2 saturated carbocycles. The van der Waals surface area contributed by atoms with Crippen LogP contribution >= 0.6 is 11.6 Å². The summed E-state index contributed by atoms with van der Waals surface area (Å²) >= 11 is 6.47. The van der Waals surface area contributed by atoms with Gasteiger partial charge in [-0.1, -0.05) is 60.1 Å². The fourth-order valence-electron chi connectivity index (χ4n) is 4.27. The minimum absolute atomic E-state index is 0.0574. The predicted octanol–water partition coefficient (Wildman–Crippen LogP) is 5.66. The first-order valence-corrected chi connectivity index (χ1v) is 11.8. The van der Waals surface area contributed by atoms with Crippen LogP contribution in [0.25, 0.3) is 11.1 Å². The molecule has 3 aromatic carbocycles. The molecule has 3 aromatic rings. The van der Waals surface area contributed by atoms with Crippen molar-refractivity contribution in [3.05, 3.63) is 82.9 Å². The Kier molecular flexibility index (Phi) is 6.13. The standard InChI is InChI=1S/C27H25ClN2O4/c28-24-20(17-6-7-17)2-1-3-23(24)30-27(34)29-19-12-10-16(11-13-19)15-4-8-18(9-5-15)25(31)21-14-22(21)26(32)33/h1-5,8-13,17,21-22,26,32-33H,6-7,14H2,(H2,29,30,34)/t21-,22-/m1/s1. The van der Waals surface area contributed by atoms with Gasteiger partial charge in [0.2, 0.25) is 0 Å². The van der Waals surface area contributed by atoms with E-state index in [1.54, 1.807) is 18.2 Å². The van der Waals surface area contributed by atoms with E-state index >= 15 is 0 Å². The summed E-state index contributed by atoms with van der Waals surface area (Å²) in [6, 6.07) is 20.0. The van der Waals surface area contributed by atoms with Crippen LogP contribution in [0.4, 0.5) is 16.2 Å². The number of aliphatic hydroxyl groups is 2. The largest absolute Gasteiger partial charge is 0.368 e. The highest BCUT2D eigenvalue weighted by Crippen LogP contribution is 2.45. The number of hydrogen-bond acceptors (Lipinski definition) is 4. The number of anilines is 2. The normalized spacial score (nSPS) is 19.1. The molecule has 0 radical (unpaired) electrons. The summed E-state index contributed by atoms with van der Waals surface area (Å²) in [6.45, 7) is 0. The third-order valence-corrected chi connectivity index (χ3v) is 6.92. The van der Waals surface area contributed by atoms with Crippen LogP contribution in [0.1, 0.15) is 41.1 Å². The molecule has 4 N–H and O–H groups in total. The molecule has 5 rings (SSSR count). The van der Waals surface area contributed by atoms with Crippen molar-refractivity contribution >= 4 is 34.8 Å². The molecule has 2 amide bonds. The van der Waals surface area contributed by atoms with Gasteiger partial charge in [0.25, 0.3) is 0 Å². The molecule has 0 aliphatic heterocycles. The molecule has 2 fully saturated rings. The average Bonchev–Trinajstić information content (AvgIpc) is 3.74. The van der Waals surface area contributed by atoms with Crippen LogP contribution < -0.4 is 10.6 Å². The first-order chi connectivity index (χ1) is 16.4. The summed E-state index contributed by atoms with van der Waals surface area (Å²) in [7, 11) is 0. The zero-order valence-corrected chi connectivity index (χ0v) is 19.1. The van der Waals surface area contributed by atoms with E-state index in [0.29, 0.717) is 34.3 Å². The zero-order chi connectivity index (χ0) is 23.8. The predicted molar refractivity (Wildman–Crippen MR) is 132 cm³/mol. The molecule has 0 saturated heterocycles. The number of urea groups is 1. The first kappa shape index (κ1) is 22.6. The number of ketones is 1. The second-order valence-corrected chi connectivity index (χ2v) is 9.38. The Morgan fingerprint density at radius 2 is 1.53 bits per heavy atom. The van der Waals surface area contributed by atoms with Gasteiger partial charge >= 0.3 is 6.03 Å². The number of carbonyl (C=O) groups excluding carboxylic acids is 2. The molecule has 0 bridgehead atoms. The first-order valence-electron chi connectivity index (χ1n) is 11.4. The Bertz CT molecular complexity index is 1220. The van der Waals surface area contributed by atoms with Gasteiger partial charge in [-0.25, -0.2) is 4.79 Å². The fourth-order valence-corrected chi connectivity index (χ4v) is 4.60. The van der Waals surface area contributed by atoms with Gasteiger partial charge in [0.1, 0.15) is 0 Å². The fraction of sp³-hybridized carbons (Fsp3) is 0.259. The van der Waals surface area contributed by atoms with Crippen LogP contribution in [0.5, 0.6) is 0 Å². The number of nitrogens with one attached hydrogen (secondary N) is 2. The number of halogens is 1. The van der Waals surface area contributed by atoms with Crippen molar-refractivity contribution in [2.24, 2.45) is 11.8 Å². The Balaban J connectivity index is 1.20. The smallest absolute Gasteiger partial charge is 0.323 e. The summed E-state index contributed by atoms with van der Waals surface area (Å²) < 4.78 is 0. The van der Waals surface area contributed by atoms with Gasteiger partial charge < -0.3 is 20.8 Å². The van der Waals surface area contributed by atoms with E-state index in [1.165, 1.54) is 0 Å². The Hall–Kier alpha value is -3.19. The number of aliphatic hydroxyl groups excluding tert-OH is 1. The number of rotatable bonds is 7. The Morgan fingerprint density at radius 3 is 2.12 bits per heavy atom. The van der Waals surface area contributed by atoms with Crippen molar-refractivity contribution in [3.63, 3.8) is 0 Å². The van der Waals surface area contributed by atoms with Gasteiger partial charge in [0, 0.05) is 23.1 Å². The number of Topliss-reactive ketones (excluding diaryl/α,β-unsaturated/α-hetero) is 1. The lowest BCUT2D eigenvalue weighted by molar-refractivity contribution is -0.0591. The van der Waals surface area contributed by atoms with Crippen molar-refractivity contribution < 1.29 is 19.8 Å². The zero-order valence-electron chi connectivity index (χ0n) is 18.4. The van der Waals surface area contributed by atoms with Crippen LogP contribution in [0.3, 0.4) is 0 Å². The van der Waals surface area contributed by atoms with Gasteiger partial charge in [0.05, 0.1) is 10.7 Å². The second-order valence-electron chi connectivity index (χ2n) is 9.00. The summed E-state index contributed by atoms with van der Waals surface area (Å²) in [5.41, 5.74) is 4.77. The summed E-state index contributed by atoms with van der Waals surface area (Å²) in [4.78, 5) is 24.9. The number of hydrogen-bond donors (Lipinski definition) is 4. The van der Waals surface area contributed by atoms with Crippen molar-refractivity contribution in [3.8, 4) is 11.1 Å². The molecule has 2 atom stereocenters. The maximum absolute atomic E-state index is 12.5. The lowest BCUT2D eigenvalue weighted by Gasteiger charge is -2.12. The lowest BCUT2D eigenvalue weighted by atomic mass is 10.0. The molecule has 2 aliphatic rings.